The number of hydrogen-bond donors (Lipinski definition) is 2. The van der Waals surface area contributed by atoms with Gasteiger partial charge in [-0.15, -0.1) is 0 Å². The van der Waals surface area contributed by atoms with Crippen molar-refractivity contribution in [3.05, 3.63) is 30.1 Å². The van der Waals surface area contributed by atoms with Crippen LogP contribution in [0.5, 0.6) is 0 Å². The third kappa shape index (κ3) is 4.98. The summed E-state index contributed by atoms with van der Waals surface area (Å²) in [7, 11) is -3.63. The summed E-state index contributed by atoms with van der Waals surface area (Å²) in [5.41, 5.74) is 0. The fraction of sp³-hybridized carbons (Fsp3) is 0.667. The van der Waals surface area contributed by atoms with E-state index in [0.29, 0.717) is 38.0 Å². The topological polar surface area (TPSA) is 70.9 Å². The van der Waals surface area contributed by atoms with Gasteiger partial charge in [0.15, 0.2) is 6.04 Å². The highest BCUT2D eigenvalue weighted by molar-refractivity contribution is 7.89. The van der Waals surface area contributed by atoms with Crippen LogP contribution in [0, 0.1) is 17.7 Å². The number of hydrogen-bond acceptors (Lipinski definition) is 3. The maximum absolute atomic E-state index is 13.1. The Morgan fingerprint density at radius 3 is 2.41 bits per heavy atom. The highest BCUT2D eigenvalue weighted by Gasteiger charge is 2.36. The molecule has 1 aliphatic carbocycles. The lowest BCUT2D eigenvalue weighted by atomic mass is 9.78. The fourth-order valence-electron chi connectivity index (χ4n) is 4.48. The molecule has 1 saturated heterocycles. The smallest absolute Gasteiger partial charge is 0.278 e. The average molecular weight is 427 g/mol. The van der Waals surface area contributed by atoms with Crippen LogP contribution in [-0.2, 0) is 14.8 Å². The van der Waals surface area contributed by atoms with E-state index < -0.39 is 15.8 Å². The number of halogens is 1. The molecule has 1 aromatic rings. The Morgan fingerprint density at radius 2 is 1.79 bits per heavy atom. The number of nitrogens with one attached hydrogen (secondary N) is 2. The minimum atomic E-state index is -3.63. The van der Waals surface area contributed by atoms with Crippen LogP contribution in [0.1, 0.15) is 40.0 Å². The van der Waals surface area contributed by atoms with Gasteiger partial charge in [-0.2, -0.15) is 4.31 Å². The SMILES string of the molecule is C[C@@H]1[C@H](C)CCC[C@@H]1NC(=O)[C@@H](C)[NH+]1CCN(S(=O)(=O)c2ccc(F)cc2)CC1. The summed E-state index contributed by atoms with van der Waals surface area (Å²) >= 11 is 0. The second-order valence-electron chi connectivity index (χ2n) is 8.62. The minimum absolute atomic E-state index is 0.0563. The van der Waals surface area contributed by atoms with Crippen molar-refractivity contribution in [3.63, 3.8) is 0 Å². The van der Waals surface area contributed by atoms with E-state index >= 15 is 0 Å². The normalized spacial score (nSPS) is 28.1. The van der Waals surface area contributed by atoms with Gasteiger partial charge in [-0.3, -0.25) is 4.79 Å². The van der Waals surface area contributed by atoms with Gasteiger partial charge in [-0.05, 0) is 49.4 Å². The zero-order chi connectivity index (χ0) is 21.2. The van der Waals surface area contributed by atoms with Crippen molar-refractivity contribution < 1.29 is 22.5 Å². The van der Waals surface area contributed by atoms with Crippen LogP contribution in [0.15, 0.2) is 29.2 Å². The molecule has 0 radical (unpaired) electrons. The largest absolute Gasteiger partial charge is 0.348 e. The second kappa shape index (κ2) is 9.10. The molecule has 6 nitrogen and oxygen atoms in total. The predicted molar refractivity (Wildman–Crippen MR) is 109 cm³/mol. The summed E-state index contributed by atoms with van der Waals surface area (Å²) in [6.07, 6.45) is 3.40. The van der Waals surface area contributed by atoms with E-state index in [1.54, 1.807) is 0 Å². The van der Waals surface area contributed by atoms with E-state index in [1.807, 2.05) is 6.92 Å². The van der Waals surface area contributed by atoms with Gasteiger partial charge in [0.1, 0.15) is 5.82 Å². The number of piperazine rings is 1. The van der Waals surface area contributed by atoms with Crippen LogP contribution in [0.2, 0.25) is 0 Å². The maximum Gasteiger partial charge on any atom is 0.278 e. The van der Waals surface area contributed by atoms with Crippen molar-refractivity contribution in [3.8, 4) is 0 Å². The van der Waals surface area contributed by atoms with Crippen molar-refractivity contribution >= 4 is 15.9 Å². The quantitative estimate of drug-likeness (QED) is 0.739. The minimum Gasteiger partial charge on any atom is -0.348 e. The van der Waals surface area contributed by atoms with Crippen molar-refractivity contribution in [2.45, 2.75) is 57.0 Å². The summed E-state index contributed by atoms with van der Waals surface area (Å²) in [6.45, 7) is 8.24. The van der Waals surface area contributed by atoms with Crippen LogP contribution in [0.3, 0.4) is 0 Å². The number of carbonyl (C=O) groups is 1. The van der Waals surface area contributed by atoms with E-state index in [2.05, 4.69) is 19.2 Å². The van der Waals surface area contributed by atoms with Crippen molar-refractivity contribution in [2.24, 2.45) is 11.8 Å². The summed E-state index contributed by atoms with van der Waals surface area (Å²) in [6, 6.07) is 4.93. The van der Waals surface area contributed by atoms with Gasteiger partial charge in [-0.25, -0.2) is 12.8 Å². The van der Waals surface area contributed by atoms with Crippen molar-refractivity contribution in [2.75, 3.05) is 26.2 Å². The van der Waals surface area contributed by atoms with Gasteiger partial charge in [-0.1, -0.05) is 26.7 Å². The van der Waals surface area contributed by atoms with E-state index in [-0.39, 0.29) is 22.9 Å². The molecule has 1 heterocycles. The van der Waals surface area contributed by atoms with Crippen molar-refractivity contribution in [1.82, 2.24) is 9.62 Å². The Balaban J connectivity index is 1.55. The first kappa shape index (κ1) is 22.2. The molecule has 1 saturated carbocycles. The van der Waals surface area contributed by atoms with Crippen LogP contribution in [0.4, 0.5) is 4.39 Å². The van der Waals surface area contributed by atoms with Crippen molar-refractivity contribution in [1.29, 1.82) is 0 Å². The average Bonchev–Trinajstić information content (AvgIpc) is 2.71. The van der Waals surface area contributed by atoms with Crippen LogP contribution < -0.4 is 10.2 Å². The summed E-state index contributed by atoms with van der Waals surface area (Å²) in [5, 5.41) is 3.24. The molecule has 2 fully saturated rings. The zero-order valence-corrected chi connectivity index (χ0v) is 18.3. The van der Waals surface area contributed by atoms with E-state index in [1.165, 1.54) is 22.9 Å². The number of rotatable bonds is 5. The third-order valence-corrected chi connectivity index (χ3v) is 8.77. The van der Waals surface area contributed by atoms with E-state index in [4.69, 9.17) is 0 Å². The Labute approximate surface area is 173 Å². The number of quaternary nitrogens is 1. The Kier molecular flexibility index (Phi) is 6.96. The van der Waals surface area contributed by atoms with Gasteiger partial charge < -0.3 is 10.2 Å². The molecular weight excluding hydrogens is 393 g/mol. The second-order valence-corrected chi connectivity index (χ2v) is 10.6. The van der Waals surface area contributed by atoms with Crippen LogP contribution in [0.25, 0.3) is 0 Å². The lowest BCUT2D eigenvalue weighted by molar-refractivity contribution is -0.917. The highest BCUT2D eigenvalue weighted by Crippen LogP contribution is 2.29. The zero-order valence-electron chi connectivity index (χ0n) is 17.5. The van der Waals surface area contributed by atoms with Gasteiger partial charge in [0, 0.05) is 6.04 Å². The molecule has 1 aliphatic heterocycles. The molecule has 2 N–H and O–H groups in total. The van der Waals surface area contributed by atoms with Gasteiger partial charge in [0.2, 0.25) is 10.0 Å². The summed E-state index contributed by atoms with van der Waals surface area (Å²) in [4.78, 5) is 14.0. The first-order valence-corrected chi connectivity index (χ1v) is 12.0. The van der Waals surface area contributed by atoms with E-state index in [9.17, 15) is 17.6 Å². The Bertz CT molecular complexity index is 807. The molecular formula is C21H33FN3O3S+. The molecule has 0 spiro atoms. The molecule has 3 rings (SSSR count). The van der Waals surface area contributed by atoms with Gasteiger partial charge >= 0.3 is 0 Å². The number of benzene rings is 1. The molecule has 4 atom stereocenters. The fourth-order valence-corrected chi connectivity index (χ4v) is 5.92. The molecule has 0 aromatic heterocycles. The predicted octanol–water partition coefficient (Wildman–Crippen LogP) is 1.04. The molecule has 1 aromatic carbocycles. The number of sulfonamides is 1. The monoisotopic (exact) mass is 426 g/mol. The number of nitrogens with zero attached hydrogens (tertiary/aromatic N) is 1. The van der Waals surface area contributed by atoms with Crippen LogP contribution >= 0.6 is 0 Å². The molecule has 2 aliphatic rings. The molecule has 1 amide bonds. The summed E-state index contributed by atoms with van der Waals surface area (Å²) < 4.78 is 40.0. The summed E-state index contributed by atoms with van der Waals surface area (Å²) in [5.74, 6) is 0.699. The standard InChI is InChI=1S/C21H32FN3O3S/c1-15-5-4-6-20(16(15)2)23-21(26)17(3)24-11-13-25(14-12-24)29(27,28)19-9-7-18(22)8-10-19/h7-10,15-17,20H,4-6,11-14H2,1-3H3,(H,23,26)/p+1/t15-,16-,17-,20+/m1/s1. The number of amides is 1. The molecule has 8 heteroatoms. The first-order chi connectivity index (χ1) is 13.7. The molecule has 0 unspecified atom stereocenters. The molecule has 0 bridgehead atoms. The van der Waals surface area contributed by atoms with E-state index in [0.717, 1.165) is 29.9 Å². The highest BCUT2D eigenvalue weighted by atomic mass is 32.2. The Hall–Kier alpha value is -1.51. The lowest BCUT2D eigenvalue weighted by Crippen LogP contribution is -3.19. The molecule has 162 valence electrons. The van der Waals surface area contributed by atoms with Crippen LogP contribution in [-0.4, -0.2) is 56.9 Å². The third-order valence-electron chi connectivity index (χ3n) is 6.86. The Morgan fingerprint density at radius 1 is 1.17 bits per heavy atom. The number of carbonyl (C=O) groups excluding carboxylic acids is 1. The maximum atomic E-state index is 13.1. The van der Waals surface area contributed by atoms with Gasteiger partial charge in [0.05, 0.1) is 31.1 Å². The lowest BCUT2D eigenvalue weighted by Gasteiger charge is -2.37. The molecule has 29 heavy (non-hydrogen) atoms. The van der Waals surface area contributed by atoms with Gasteiger partial charge in [0.25, 0.3) is 5.91 Å². The first-order valence-electron chi connectivity index (χ1n) is 10.6.